The summed E-state index contributed by atoms with van der Waals surface area (Å²) in [5.74, 6) is 1.10. The third-order valence-electron chi connectivity index (χ3n) is 3.56. The molecule has 0 unspecified atom stereocenters. The lowest BCUT2D eigenvalue weighted by molar-refractivity contribution is -0.384. The van der Waals surface area contributed by atoms with Crippen LogP contribution in [0.25, 0.3) is 0 Å². The Balaban J connectivity index is 1.98. The maximum absolute atomic E-state index is 10.6. The van der Waals surface area contributed by atoms with Crippen LogP contribution in [0.5, 0.6) is 0 Å². The first-order valence-electron chi connectivity index (χ1n) is 8.11. The molecule has 0 saturated heterocycles. The van der Waals surface area contributed by atoms with Gasteiger partial charge in [-0.05, 0) is 24.3 Å². The summed E-state index contributed by atoms with van der Waals surface area (Å²) in [5, 5.41) is 10.6. The number of nitro benzene ring substituents is 1. The zero-order valence-electron chi connectivity index (χ0n) is 13.1. The highest BCUT2D eigenvalue weighted by molar-refractivity contribution is 7.99. The van der Waals surface area contributed by atoms with Crippen LogP contribution < -0.4 is 0 Å². The average Bonchev–Trinajstić information content (AvgIpc) is 2.49. The number of non-ortho nitro benzene ring substituents is 1. The van der Waals surface area contributed by atoms with E-state index in [1.807, 2.05) is 12.1 Å². The van der Waals surface area contributed by atoms with Gasteiger partial charge in [0, 0.05) is 17.0 Å². The van der Waals surface area contributed by atoms with Crippen LogP contribution in [-0.2, 0) is 0 Å². The van der Waals surface area contributed by atoms with Gasteiger partial charge in [-0.1, -0.05) is 58.3 Å². The molecule has 1 rings (SSSR count). The molecule has 1 aromatic rings. The highest BCUT2D eigenvalue weighted by atomic mass is 32.2. The Morgan fingerprint density at radius 3 is 1.95 bits per heavy atom. The standard InChI is InChI=1S/C17H27NO2S/c1-2-3-4-5-6-7-8-9-10-15-21-17-13-11-16(12-14-17)18(19)20/h11-14H,2-10,15H2,1H3. The normalized spacial score (nSPS) is 10.7. The fourth-order valence-electron chi connectivity index (χ4n) is 2.27. The van der Waals surface area contributed by atoms with Crippen molar-refractivity contribution < 1.29 is 4.92 Å². The number of thioether (sulfide) groups is 1. The highest BCUT2D eigenvalue weighted by Crippen LogP contribution is 2.22. The molecule has 1 aromatic carbocycles. The first-order chi connectivity index (χ1) is 10.2. The lowest BCUT2D eigenvalue weighted by atomic mass is 10.1. The van der Waals surface area contributed by atoms with Crippen LogP contribution in [0.3, 0.4) is 0 Å². The first kappa shape index (κ1) is 18.0. The summed E-state index contributed by atoms with van der Waals surface area (Å²) < 4.78 is 0. The minimum atomic E-state index is -0.352. The van der Waals surface area contributed by atoms with Gasteiger partial charge in [0.25, 0.3) is 5.69 Å². The second-order valence-electron chi connectivity index (χ2n) is 5.43. The van der Waals surface area contributed by atoms with E-state index in [2.05, 4.69) is 6.92 Å². The van der Waals surface area contributed by atoms with Crippen molar-refractivity contribution in [1.82, 2.24) is 0 Å². The van der Waals surface area contributed by atoms with Crippen LogP contribution in [0.4, 0.5) is 5.69 Å². The lowest BCUT2D eigenvalue weighted by Crippen LogP contribution is -1.87. The molecule has 4 heteroatoms. The van der Waals surface area contributed by atoms with Gasteiger partial charge in [-0.2, -0.15) is 0 Å². The Labute approximate surface area is 132 Å². The summed E-state index contributed by atoms with van der Waals surface area (Å²) in [6, 6.07) is 6.85. The molecular formula is C17H27NO2S. The van der Waals surface area contributed by atoms with Crippen molar-refractivity contribution in [1.29, 1.82) is 0 Å². The fourth-order valence-corrected chi connectivity index (χ4v) is 3.18. The lowest BCUT2D eigenvalue weighted by Gasteiger charge is -2.03. The minimum absolute atomic E-state index is 0.169. The molecule has 3 nitrogen and oxygen atoms in total. The number of nitro groups is 1. The van der Waals surface area contributed by atoms with Gasteiger partial charge < -0.3 is 0 Å². The number of benzene rings is 1. The van der Waals surface area contributed by atoms with Gasteiger partial charge >= 0.3 is 0 Å². The van der Waals surface area contributed by atoms with Crippen molar-refractivity contribution in [3.63, 3.8) is 0 Å². The molecule has 0 heterocycles. The van der Waals surface area contributed by atoms with Crippen LogP contribution in [0, 0.1) is 10.1 Å². The van der Waals surface area contributed by atoms with E-state index in [1.165, 1.54) is 57.8 Å². The number of hydrogen-bond donors (Lipinski definition) is 0. The largest absolute Gasteiger partial charge is 0.269 e. The monoisotopic (exact) mass is 309 g/mol. The fraction of sp³-hybridized carbons (Fsp3) is 0.647. The number of unbranched alkanes of at least 4 members (excludes halogenated alkanes) is 8. The van der Waals surface area contributed by atoms with Crippen molar-refractivity contribution in [2.45, 2.75) is 69.6 Å². The molecule has 0 aliphatic heterocycles. The molecule has 0 bridgehead atoms. The Morgan fingerprint density at radius 1 is 0.905 bits per heavy atom. The Kier molecular flexibility index (Phi) is 9.96. The second-order valence-corrected chi connectivity index (χ2v) is 6.60. The van der Waals surface area contributed by atoms with Crippen LogP contribution in [-0.4, -0.2) is 10.7 Å². The summed E-state index contributed by atoms with van der Waals surface area (Å²) in [5.41, 5.74) is 0.169. The molecule has 0 fully saturated rings. The van der Waals surface area contributed by atoms with Gasteiger partial charge in [-0.3, -0.25) is 10.1 Å². The van der Waals surface area contributed by atoms with Crippen molar-refractivity contribution in [3.8, 4) is 0 Å². The van der Waals surface area contributed by atoms with Crippen LogP contribution in [0.2, 0.25) is 0 Å². The van der Waals surface area contributed by atoms with Gasteiger partial charge in [-0.15, -0.1) is 11.8 Å². The smallest absolute Gasteiger partial charge is 0.258 e. The molecule has 0 aliphatic rings. The molecular weight excluding hydrogens is 282 g/mol. The summed E-state index contributed by atoms with van der Waals surface area (Å²) in [6.07, 6.45) is 12.1. The molecule has 0 spiro atoms. The second kappa shape index (κ2) is 11.6. The first-order valence-corrected chi connectivity index (χ1v) is 9.10. The summed E-state index contributed by atoms with van der Waals surface area (Å²) in [4.78, 5) is 11.3. The number of hydrogen-bond acceptors (Lipinski definition) is 3. The van der Waals surface area contributed by atoms with Gasteiger partial charge in [0.2, 0.25) is 0 Å². The molecule has 21 heavy (non-hydrogen) atoms. The Hall–Kier alpha value is -1.03. The summed E-state index contributed by atoms with van der Waals surface area (Å²) in [7, 11) is 0. The van der Waals surface area contributed by atoms with Crippen LogP contribution in [0.1, 0.15) is 64.7 Å². The van der Waals surface area contributed by atoms with E-state index in [1.54, 1.807) is 23.9 Å². The van der Waals surface area contributed by atoms with Crippen LogP contribution in [0.15, 0.2) is 29.2 Å². The van der Waals surface area contributed by atoms with E-state index in [0.29, 0.717) is 0 Å². The maximum atomic E-state index is 10.6. The zero-order chi connectivity index (χ0) is 15.3. The van der Waals surface area contributed by atoms with E-state index < -0.39 is 0 Å². The molecule has 0 atom stereocenters. The van der Waals surface area contributed by atoms with E-state index in [9.17, 15) is 10.1 Å². The molecule has 0 amide bonds. The quantitative estimate of drug-likeness (QED) is 0.199. The van der Waals surface area contributed by atoms with Crippen molar-refractivity contribution >= 4 is 17.4 Å². The summed E-state index contributed by atoms with van der Waals surface area (Å²) >= 11 is 1.79. The van der Waals surface area contributed by atoms with E-state index in [0.717, 1.165) is 10.6 Å². The molecule has 0 saturated carbocycles. The number of nitrogens with zero attached hydrogens (tertiary/aromatic N) is 1. The highest BCUT2D eigenvalue weighted by Gasteiger charge is 2.03. The SMILES string of the molecule is CCCCCCCCCCCSc1ccc([N+](=O)[O-])cc1. The van der Waals surface area contributed by atoms with E-state index in [4.69, 9.17) is 0 Å². The Bertz CT molecular complexity index is 392. The maximum Gasteiger partial charge on any atom is 0.269 e. The Morgan fingerprint density at radius 2 is 1.43 bits per heavy atom. The predicted octanol–water partition coefficient (Wildman–Crippen LogP) is 6.22. The predicted molar refractivity (Wildman–Crippen MR) is 91.0 cm³/mol. The van der Waals surface area contributed by atoms with Crippen LogP contribution >= 0.6 is 11.8 Å². The van der Waals surface area contributed by atoms with Crippen molar-refractivity contribution in [3.05, 3.63) is 34.4 Å². The third kappa shape index (κ3) is 8.76. The number of rotatable bonds is 12. The molecule has 0 radical (unpaired) electrons. The van der Waals surface area contributed by atoms with Gasteiger partial charge in [0.1, 0.15) is 0 Å². The topological polar surface area (TPSA) is 43.1 Å². The molecule has 0 aliphatic carbocycles. The van der Waals surface area contributed by atoms with Crippen molar-refractivity contribution in [2.75, 3.05) is 5.75 Å². The molecule has 0 aromatic heterocycles. The van der Waals surface area contributed by atoms with Gasteiger partial charge in [0.15, 0.2) is 0 Å². The molecule has 118 valence electrons. The minimum Gasteiger partial charge on any atom is -0.258 e. The van der Waals surface area contributed by atoms with Gasteiger partial charge in [0.05, 0.1) is 4.92 Å². The van der Waals surface area contributed by atoms with Crippen molar-refractivity contribution in [2.24, 2.45) is 0 Å². The molecule has 0 N–H and O–H groups in total. The summed E-state index contributed by atoms with van der Waals surface area (Å²) in [6.45, 7) is 2.25. The van der Waals surface area contributed by atoms with Gasteiger partial charge in [-0.25, -0.2) is 0 Å². The third-order valence-corrected chi connectivity index (χ3v) is 4.66. The average molecular weight is 309 g/mol. The van der Waals surface area contributed by atoms with E-state index in [-0.39, 0.29) is 10.6 Å². The van der Waals surface area contributed by atoms with E-state index >= 15 is 0 Å². The zero-order valence-corrected chi connectivity index (χ0v) is 13.9.